The predicted octanol–water partition coefficient (Wildman–Crippen LogP) is 4.64. The Labute approximate surface area is 177 Å². The lowest BCUT2D eigenvalue weighted by molar-refractivity contribution is 0.0963. The number of benzene rings is 2. The SMILES string of the molecule is CNC(=O)c1ccc2[nH]c([C@H](CC3CCCC3)c3ccc(S(C)(=O)=O)cc3)cc2c1. The van der Waals surface area contributed by atoms with E-state index in [0.717, 1.165) is 28.6 Å². The van der Waals surface area contributed by atoms with Crippen molar-refractivity contribution in [1.82, 2.24) is 10.3 Å². The van der Waals surface area contributed by atoms with Gasteiger partial charge in [0.25, 0.3) is 5.91 Å². The van der Waals surface area contributed by atoms with E-state index < -0.39 is 9.84 Å². The topological polar surface area (TPSA) is 79.0 Å². The highest BCUT2D eigenvalue weighted by atomic mass is 32.2. The van der Waals surface area contributed by atoms with Crippen molar-refractivity contribution in [2.45, 2.75) is 42.9 Å². The molecule has 0 spiro atoms. The molecule has 1 heterocycles. The van der Waals surface area contributed by atoms with E-state index in [0.29, 0.717) is 16.4 Å². The highest BCUT2D eigenvalue weighted by molar-refractivity contribution is 7.90. The third-order valence-corrected chi connectivity index (χ3v) is 7.39. The van der Waals surface area contributed by atoms with Crippen molar-refractivity contribution in [2.75, 3.05) is 13.3 Å². The molecule has 1 saturated carbocycles. The summed E-state index contributed by atoms with van der Waals surface area (Å²) >= 11 is 0. The summed E-state index contributed by atoms with van der Waals surface area (Å²) in [6.45, 7) is 0. The molecular weight excluding hydrogens is 396 g/mol. The average Bonchev–Trinajstić information content (AvgIpc) is 3.39. The van der Waals surface area contributed by atoms with Gasteiger partial charge >= 0.3 is 0 Å². The maximum atomic E-state index is 12.0. The van der Waals surface area contributed by atoms with Crippen molar-refractivity contribution < 1.29 is 13.2 Å². The summed E-state index contributed by atoms with van der Waals surface area (Å²) in [4.78, 5) is 15.9. The van der Waals surface area contributed by atoms with E-state index in [2.05, 4.69) is 16.4 Å². The molecule has 0 aliphatic heterocycles. The first-order chi connectivity index (χ1) is 14.3. The van der Waals surface area contributed by atoms with Crippen LogP contribution in [0.5, 0.6) is 0 Å². The lowest BCUT2D eigenvalue weighted by Crippen LogP contribution is -2.17. The van der Waals surface area contributed by atoms with Gasteiger partial charge < -0.3 is 10.3 Å². The Morgan fingerprint density at radius 1 is 1.10 bits per heavy atom. The maximum Gasteiger partial charge on any atom is 0.251 e. The van der Waals surface area contributed by atoms with E-state index in [4.69, 9.17) is 0 Å². The van der Waals surface area contributed by atoms with Crippen LogP contribution in [0.3, 0.4) is 0 Å². The first-order valence-electron chi connectivity index (χ1n) is 10.5. The number of aromatic amines is 1. The van der Waals surface area contributed by atoms with E-state index in [1.165, 1.54) is 31.9 Å². The zero-order valence-electron chi connectivity index (χ0n) is 17.4. The number of amides is 1. The van der Waals surface area contributed by atoms with Crippen LogP contribution in [0.2, 0.25) is 0 Å². The van der Waals surface area contributed by atoms with Gasteiger partial charge in [0.15, 0.2) is 9.84 Å². The Bertz CT molecular complexity index is 1160. The van der Waals surface area contributed by atoms with Crippen LogP contribution in [0.1, 0.15) is 59.6 Å². The lowest BCUT2D eigenvalue weighted by Gasteiger charge is -2.20. The molecule has 2 aromatic carbocycles. The summed E-state index contributed by atoms with van der Waals surface area (Å²) < 4.78 is 23.7. The number of carbonyl (C=O) groups excluding carboxylic acids is 1. The molecule has 1 fully saturated rings. The van der Waals surface area contributed by atoms with E-state index >= 15 is 0 Å². The molecule has 5 nitrogen and oxygen atoms in total. The number of rotatable bonds is 6. The highest BCUT2D eigenvalue weighted by Gasteiger charge is 2.24. The number of fused-ring (bicyclic) bond motifs is 1. The second-order valence-electron chi connectivity index (χ2n) is 8.39. The molecule has 0 radical (unpaired) electrons. The smallest absolute Gasteiger partial charge is 0.251 e. The first kappa shape index (κ1) is 20.7. The maximum absolute atomic E-state index is 12.0. The fourth-order valence-corrected chi connectivity index (χ4v) is 5.23. The summed E-state index contributed by atoms with van der Waals surface area (Å²) in [5.41, 5.74) is 3.87. The molecule has 0 unspecified atom stereocenters. The third-order valence-electron chi connectivity index (χ3n) is 6.26. The van der Waals surface area contributed by atoms with Gasteiger partial charge in [-0.3, -0.25) is 4.79 Å². The van der Waals surface area contributed by atoms with Crippen LogP contribution in [0.15, 0.2) is 53.4 Å². The molecule has 6 heteroatoms. The summed E-state index contributed by atoms with van der Waals surface area (Å²) in [5.74, 6) is 0.744. The molecule has 3 aromatic rings. The molecular formula is C24H28N2O3S. The number of aromatic nitrogens is 1. The minimum Gasteiger partial charge on any atom is -0.358 e. The van der Waals surface area contributed by atoms with Crippen LogP contribution >= 0.6 is 0 Å². The Hall–Kier alpha value is -2.60. The van der Waals surface area contributed by atoms with Crippen LogP contribution in [0.4, 0.5) is 0 Å². The van der Waals surface area contributed by atoms with Crippen LogP contribution in [0.25, 0.3) is 10.9 Å². The molecule has 1 aliphatic carbocycles. The number of nitrogens with one attached hydrogen (secondary N) is 2. The number of H-pyrrole nitrogens is 1. The van der Waals surface area contributed by atoms with Gasteiger partial charge in [-0.1, -0.05) is 37.8 Å². The summed E-state index contributed by atoms with van der Waals surface area (Å²) in [5, 5.41) is 3.68. The fraction of sp³-hybridized carbons (Fsp3) is 0.375. The molecule has 1 aliphatic rings. The van der Waals surface area contributed by atoms with Crippen LogP contribution in [-0.2, 0) is 9.84 Å². The summed E-state index contributed by atoms with van der Waals surface area (Å²) in [6.07, 6.45) is 7.34. The molecule has 2 N–H and O–H groups in total. The molecule has 4 rings (SSSR count). The van der Waals surface area contributed by atoms with E-state index in [1.54, 1.807) is 19.2 Å². The largest absolute Gasteiger partial charge is 0.358 e. The summed E-state index contributed by atoms with van der Waals surface area (Å²) in [7, 11) is -1.58. The molecule has 1 amide bonds. The van der Waals surface area contributed by atoms with Crippen molar-refractivity contribution in [1.29, 1.82) is 0 Å². The van der Waals surface area contributed by atoms with Crippen molar-refractivity contribution in [3.8, 4) is 0 Å². The minimum atomic E-state index is -3.21. The quantitative estimate of drug-likeness (QED) is 0.605. The number of carbonyl (C=O) groups is 1. The van der Waals surface area contributed by atoms with Gasteiger partial charge in [-0.2, -0.15) is 0 Å². The van der Waals surface area contributed by atoms with Gasteiger partial charge in [-0.05, 0) is 54.3 Å². The summed E-state index contributed by atoms with van der Waals surface area (Å²) in [6, 6.07) is 15.1. The van der Waals surface area contributed by atoms with Crippen LogP contribution in [-0.4, -0.2) is 32.6 Å². The van der Waals surface area contributed by atoms with E-state index in [9.17, 15) is 13.2 Å². The van der Waals surface area contributed by atoms with Gasteiger partial charge in [-0.25, -0.2) is 8.42 Å². The number of hydrogen-bond acceptors (Lipinski definition) is 3. The van der Waals surface area contributed by atoms with Crippen molar-refractivity contribution in [3.05, 3.63) is 65.4 Å². The normalized spacial score (nSPS) is 16.1. The second kappa shape index (κ2) is 8.26. The lowest BCUT2D eigenvalue weighted by atomic mass is 9.85. The predicted molar refractivity (Wildman–Crippen MR) is 120 cm³/mol. The molecule has 1 aromatic heterocycles. The van der Waals surface area contributed by atoms with Gasteiger partial charge in [0.05, 0.1) is 4.90 Å². The van der Waals surface area contributed by atoms with Crippen molar-refractivity contribution in [2.24, 2.45) is 5.92 Å². The highest BCUT2D eigenvalue weighted by Crippen LogP contribution is 2.38. The van der Waals surface area contributed by atoms with Crippen LogP contribution < -0.4 is 5.32 Å². The monoisotopic (exact) mass is 424 g/mol. The molecule has 0 bridgehead atoms. The van der Waals surface area contributed by atoms with Crippen molar-refractivity contribution >= 4 is 26.6 Å². The Balaban J connectivity index is 1.72. The Kier molecular flexibility index (Phi) is 5.69. The second-order valence-corrected chi connectivity index (χ2v) is 10.4. The third kappa shape index (κ3) is 4.29. The Morgan fingerprint density at radius 3 is 2.43 bits per heavy atom. The zero-order valence-corrected chi connectivity index (χ0v) is 18.3. The van der Waals surface area contributed by atoms with Crippen molar-refractivity contribution in [3.63, 3.8) is 0 Å². The fourth-order valence-electron chi connectivity index (χ4n) is 4.60. The van der Waals surface area contributed by atoms with Gasteiger partial charge in [0, 0.05) is 41.4 Å². The molecule has 0 saturated heterocycles. The minimum absolute atomic E-state index is 0.0986. The number of sulfone groups is 1. The van der Waals surface area contributed by atoms with Gasteiger partial charge in [-0.15, -0.1) is 0 Å². The number of hydrogen-bond donors (Lipinski definition) is 2. The molecule has 30 heavy (non-hydrogen) atoms. The van der Waals surface area contributed by atoms with E-state index in [1.807, 2.05) is 30.3 Å². The van der Waals surface area contributed by atoms with Crippen LogP contribution in [0, 0.1) is 5.92 Å². The molecule has 158 valence electrons. The first-order valence-corrected chi connectivity index (χ1v) is 12.4. The Morgan fingerprint density at radius 2 is 1.80 bits per heavy atom. The zero-order chi connectivity index (χ0) is 21.3. The standard InChI is InChI=1S/C24H28N2O3S/c1-25-24(27)18-9-12-22-19(14-18)15-23(26-22)21(13-16-5-3-4-6-16)17-7-10-20(11-8-17)30(2,28)29/h7-12,14-16,21,26H,3-6,13H2,1-2H3,(H,25,27)/t21-/m1/s1. The van der Waals surface area contributed by atoms with Gasteiger partial charge in [0.2, 0.25) is 0 Å². The van der Waals surface area contributed by atoms with Gasteiger partial charge in [0.1, 0.15) is 0 Å². The van der Waals surface area contributed by atoms with E-state index in [-0.39, 0.29) is 11.8 Å². The average molecular weight is 425 g/mol. The molecule has 1 atom stereocenters.